The van der Waals surface area contributed by atoms with Gasteiger partial charge in [-0.3, -0.25) is 0 Å². The number of likely N-dealkylation sites (tertiary alicyclic amines) is 1. The maximum Gasteiger partial charge on any atom is 0.317 e. The van der Waals surface area contributed by atoms with E-state index in [1.807, 2.05) is 11.2 Å². The molecule has 0 aromatic carbocycles. The van der Waals surface area contributed by atoms with E-state index in [-0.39, 0.29) is 6.03 Å². The number of rotatable bonds is 3. The van der Waals surface area contributed by atoms with E-state index < -0.39 is 0 Å². The summed E-state index contributed by atoms with van der Waals surface area (Å²) < 4.78 is 0. The Morgan fingerprint density at radius 1 is 1.38 bits per heavy atom. The Bertz CT molecular complexity index is 158. The van der Waals surface area contributed by atoms with Crippen LogP contribution in [0.2, 0.25) is 0 Å². The van der Waals surface area contributed by atoms with E-state index in [1.165, 1.54) is 6.42 Å². The number of nitrogens with zero attached hydrogens (tertiary/aromatic N) is 1. The highest BCUT2D eigenvalue weighted by molar-refractivity contribution is 7.98. The van der Waals surface area contributed by atoms with Crippen molar-refractivity contribution >= 4 is 17.8 Å². The van der Waals surface area contributed by atoms with Crippen molar-refractivity contribution in [2.24, 2.45) is 0 Å². The SMILES string of the molecule is CSCCNC(=O)N1CCCCC1. The second-order valence-electron chi connectivity index (χ2n) is 3.27. The van der Waals surface area contributed by atoms with Gasteiger partial charge in [-0.1, -0.05) is 0 Å². The van der Waals surface area contributed by atoms with E-state index in [0.717, 1.165) is 38.2 Å². The van der Waals surface area contributed by atoms with E-state index in [4.69, 9.17) is 0 Å². The molecule has 1 heterocycles. The summed E-state index contributed by atoms with van der Waals surface area (Å²) in [4.78, 5) is 13.4. The fourth-order valence-electron chi connectivity index (χ4n) is 1.47. The van der Waals surface area contributed by atoms with Crippen LogP contribution in [0.25, 0.3) is 0 Å². The number of carbonyl (C=O) groups is 1. The molecule has 0 aromatic heterocycles. The van der Waals surface area contributed by atoms with Gasteiger partial charge < -0.3 is 10.2 Å². The average molecular weight is 202 g/mol. The van der Waals surface area contributed by atoms with Crippen molar-refractivity contribution in [3.05, 3.63) is 0 Å². The number of nitrogens with one attached hydrogen (secondary N) is 1. The first-order chi connectivity index (χ1) is 6.34. The van der Waals surface area contributed by atoms with Crippen LogP contribution < -0.4 is 5.32 Å². The molecule has 0 atom stereocenters. The molecule has 1 aliphatic heterocycles. The average Bonchev–Trinajstić information content (AvgIpc) is 2.19. The summed E-state index contributed by atoms with van der Waals surface area (Å²) in [5, 5.41) is 2.92. The van der Waals surface area contributed by atoms with E-state index in [0.29, 0.717) is 0 Å². The minimum atomic E-state index is 0.119. The van der Waals surface area contributed by atoms with Crippen LogP contribution in [-0.2, 0) is 0 Å². The van der Waals surface area contributed by atoms with Crippen molar-refractivity contribution in [2.45, 2.75) is 19.3 Å². The molecular formula is C9H18N2OS. The van der Waals surface area contributed by atoms with Crippen LogP contribution in [0.3, 0.4) is 0 Å². The highest BCUT2D eigenvalue weighted by atomic mass is 32.2. The molecule has 2 amide bonds. The Hall–Kier alpha value is -0.380. The Balaban J connectivity index is 2.13. The van der Waals surface area contributed by atoms with Crippen LogP contribution in [-0.4, -0.2) is 42.6 Å². The first-order valence-electron chi connectivity index (χ1n) is 4.86. The van der Waals surface area contributed by atoms with E-state index in [1.54, 1.807) is 11.8 Å². The van der Waals surface area contributed by atoms with Crippen molar-refractivity contribution in [3.63, 3.8) is 0 Å². The minimum Gasteiger partial charge on any atom is -0.337 e. The minimum absolute atomic E-state index is 0.119. The molecule has 1 N–H and O–H groups in total. The van der Waals surface area contributed by atoms with Gasteiger partial charge in [0.15, 0.2) is 0 Å². The molecule has 3 nitrogen and oxygen atoms in total. The molecule has 0 radical (unpaired) electrons. The van der Waals surface area contributed by atoms with Crippen LogP contribution in [0.5, 0.6) is 0 Å². The van der Waals surface area contributed by atoms with Gasteiger partial charge in [0.1, 0.15) is 0 Å². The molecule has 1 aliphatic rings. The Kier molecular flexibility index (Phi) is 5.05. The smallest absolute Gasteiger partial charge is 0.317 e. The Morgan fingerprint density at radius 3 is 2.69 bits per heavy atom. The van der Waals surface area contributed by atoms with E-state index in [2.05, 4.69) is 5.32 Å². The van der Waals surface area contributed by atoms with Gasteiger partial charge in [-0.2, -0.15) is 11.8 Å². The normalized spacial score (nSPS) is 17.2. The number of carbonyl (C=O) groups excluding carboxylic acids is 1. The van der Waals surface area contributed by atoms with Gasteiger partial charge in [0.05, 0.1) is 0 Å². The van der Waals surface area contributed by atoms with Gasteiger partial charge >= 0.3 is 6.03 Å². The van der Waals surface area contributed by atoms with E-state index >= 15 is 0 Å². The largest absolute Gasteiger partial charge is 0.337 e. The van der Waals surface area contributed by atoms with Crippen molar-refractivity contribution in [1.82, 2.24) is 10.2 Å². The molecule has 4 heteroatoms. The van der Waals surface area contributed by atoms with Crippen LogP contribution in [0, 0.1) is 0 Å². The molecule has 1 saturated heterocycles. The lowest BCUT2D eigenvalue weighted by atomic mass is 10.1. The van der Waals surface area contributed by atoms with Crippen LogP contribution in [0.15, 0.2) is 0 Å². The number of hydrogen-bond donors (Lipinski definition) is 1. The summed E-state index contributed by atoms with van der Waals surface area (Å²) in [6, 6.07) is 0.119. The maximum atomic E-state index is 11.5. The van der Waals surface area contributed by atoms with Gasteiger partial charge in [-0.25, -0.2) is 4.79 Å². The lowest BCUT2D eigenvalue weighted by Crippen LogP contribution is -2.43. The summed E-state index contributed by atoms with van der Waals surface area (Å²) in [6.45, 7) is 2.66. The highest BCUT2D eigenvalue weighted by Crippen LogP contribution is 2.08. The molecule has 0 spiro atoms. The summed E-state index contributed by atoms with van der Waals surface area (Å²) in [7, 11) is 0. The number of piperidine rings is 1. The first kappa shape index (κ1) is 10.7. The Morgan fingerprint density at radius 2 is 2.08 bits per heavy atom. The standard InChI is InChI=1S/C9H18N2OS/c1-13-8-5-10-9(12)11-6-3-2-4-7-11/h2-8H2,1H3,(H,10,12). The lowest BCUT2D eigenvalue weighted by molar-refractivity contribution is 0.187. The fraction of sp³-hybridized carbons (Fsp3) is 0.889. The monoisotopic (exact) mass is 202 g/mol. The molecule has 0 saturated carbocycles. The second kappa shape index (κ2) is 6.13. The molecule has 76 valence electrons. The zero-order valence-corrected chi connectivity index (χ0v) is 9.03. The fourth-order valence-corrected chi connectivity index (χ4v) is 1.78. The Labute approximate surface area is 84.2 Å². The summed E-state index contributed by atoms with van der Waals surface area (Å²) >= 11 is 1.76. The molecule has 1 fully saturated rings. The van der Waals surface area contributed by atoms with Crippen molar-refractivity contribution in [2.75, 3.05) is 31.6 Å². The number of urea groups is 1. The van der Waals surface area contributed by atoms with Gasteiger partial charge in [0.25, 0.3) is 0 Å². The van der Waals surface area contributed by atoms with Gasteiger partial charge in [-0.05, 0) is 25.5 Å². The molecule has 0 unspecified atom stereocenters. The summed E-state index contributed by atoms with van der Waals surface area (Å²) in [5.41, 5.74) is 0. The van der Waals surface area contributed by atoms with Crippen LogP contribution in [0.4, 0.5) is 4.79 Å². The van der Waals surface area contributed by atoms with Crippen molar-refractivity contribution < 1.29 is 4.79 Å². The number of thioether (sulfide) groups is 1. The first-order valence-corrected chi connectivity index (χ1v) is 6.25. The molecule has 0 aliphatic carbocycles. The van der Waals surface area contributed by atoms with E-state index in [9.17, 15) is 4.79 Å². The molecular weight excluding hydrogens is 184 g/mol. The quantitative estimate of drug-likeness (QED) is 0.704. The highest BCUT2D eigenvalue weighted by Gasteiger charge is 2.14. The third-order valence-corrected chi connectivity index (χ3v) is 2.84. The van der Waals surface area contributed by atoms with Crippen molar-refractivity contribution in [3.8, 4) is 0 Å². The third kappa shape index (κ3) is 3.89. The predicted molar refractivity (Wildman–Crippen MR) is 57.2 cm³/mol. The predicted octanol–water partition coefficient (Wildman–Crippen LogP) is 1.54. The lowest BCUT2D eigenvalue weighted by Gasteiger charge is -2.26. The molecule has 1 rings (SSSR count). The van der Waals surface area contributed by atoms with Gasteiger partial charge in [0, 0.05) is 25.4 Å². The van der Waals surface area contributed by atoms with Crippen molar-refractivity contribution in [1.29, 1.82) is 0 Å². The molecule has 0 aromatic rings. The summed E-state index contributed by atoms with van der Waals surface area (Å²) in [6.07, 6.45) is 5.65. The molecule has 13 heavy (non-hydrogen) atoms. The van der Waals surface area contributed by atoms with Crippen LogP contribution >= 0.6 is 11.8 Å². The maximum absolute atomic E-state index is 11.5. The molecule has 0 bridgehead atoms. The third-order valence-electron chi connectivity index (χ3n) is 2.23. The zero-order valence-electron chi connectivity index (χ0n) is 8.21. The number of hydrogen-bond acceptors (Lipinski definition) is 2. The van der Waals surface area contributed by atoms with Gasteiger partial charge in [-0.15, -0.1) is 0 Å². The topological polar surface area (TPSA) is 32.3 Å². The van der Waals surface area contributed by atoms with Crippen LogP contribution in [0.1, 0.15) is 19.3 Å². The second-order valence-corrected chi connectivity index (χ2v) is 4.26. The number of amides is 2. The zero-order chi connectivity index (χ0) is 9.52. The van der Waals surface area contributed by atoms with Gasteiger partial charge in [0.2, 0.25) is 0 Å². The summed E-state index contributed by atoms with van der Waals surface area (Å²) in [5.74, 6) is 1.000.